The first-order chi connectivity index (χ1) is 23.1. The van der Waals surface area contributed by atoms with Crippen LogP contribution in [-0.4, -0.2) is 6.54 Å². The summed E-state index contributed by atoms with van der Waals surface area (Å²) in [5, 5.41) is 11.4. The molecule has 0 aliphatic carbocycles. The molecule has 0 aromatic heterocycles. The lowest BCUT2D eigenvalue weighted by atomic mass is 9.73. The molecule has 0 saturated heterocycles. The van der Waals surface area contributed by atoms with Crippen LogP contribution in [0.25, 0.3) is 0 Å². The number of para-hydroxylation sites is 4. The summed E-state index contributed by atoms with van der Waals surface area (Å²) >= 11 is 1.82. The molecule has 0 fully saturated rings. The van der Waals surface area contributed by atoms with E-state index in [0.717, 1.165) is 22.6 Å². The standard InChI is InChI=1S/C41H33N5S/c1-41(2)32-14-3-5-16-35(32)45(36-17-6-4-15-33(36)41)29-24-22-28(23-25-29)34-27-44(43-42-34)30-12-11-13-31(26-30)46-37-18-7-9-20-39(37)47-40-21-10-8-19-38(40)46/h3-26,34H,27H2,1-2H3. The maximum Gasteiger partial charge on any atom is 0.117 e. The van der Waals surface area contributed by atoms with Crippen molar-refractivity contribution in [1.82, 2.24) is 0 Å². The number of benzene rings is 6. The van der Waals surface area contributed by atoms with Gasteiger partial charge in [0.1, 0.15) is 6.04 Å². The summed E-state index contributed by atoms with van der Waals surface area (Å²) in [7, 11) is 0. The van der Waals surface area contributed by atoms with E-state index in [1.165, 1.54) is 43.7 Å². The van der Waals surface area contributed by atoms with Crippen LogP contribution in [0.5, 0.6) is 0 Å². The third-order valence-corrected chi connectivity index (χ3v) is 10.8. The molecule has 0 radical (unpaired) electrons. The van der Waals surface area contributed by atoms with Gasteiger partial charge in [-0.2, -0.15) is 5.11 Å². The molecule has 47 heavy (non-hydrogen) atoms. The van der Waals surface area contributed by atoms with Gasteiger partial charge < -0.3 is 9.80 Å². The zero-order valence-corrected chi connectivity index (χ0v) is 27.1. The number of anilines is 7. The second-order valence-electron chi connectivity index (χ2n) is 12.8. The van der Waals surface area contributed by atoms with Gasteiger partial charge in [-0.3, -0.25) is 0 Å². The van der Waals surface area contributed by atoms with E-state index in [4.69, 9.17) is 5.11 Å². The lowest BCUT2D eigenvalue weighted by Gasteiger charge is -2.42. The van der Waals surface area contributed by atoms with Crippen LogP contribution in [0, 0.1) is 0 Å². The summed E-state index contributed by atoms with van der Waals surface area (Å²) < 4.78 is 0. The number of fused-ring (bicyclic) bond motifs is 4. The molecule has 0 spiro atoms. The van der Waals surface area contributed by atoms with E-state index >= 15 is 0 Å². The monoisotopic (exact) mass is 627 g/mol. The SMILES string of the molecule is CC1(C)c2ccccc2N(c2ccc(C3CN(c4cccc(N5c6ccccc6Sc6ccccc65)c4)N=N3)cc2)c2ccccc21. The van der Waals surface area contributed by atoms with Crippen LogP contribution in [0.15, 0.2) is 166 Å². The molecule has 6 aromatic carbocycles. The number of rotatable bonds is 4. The van der Waals surface area contributed by atoms with Crippen molar-refractivity contribution in [1.29, 1.82) is 0 Å². The molecule has 0 saturated carbocycles. The first-order valence-corrected chi connectivity index (χ1v) is 16.9. The second kappa shape index (κ2) is 10.9. The topological polar surface area (TPSA) is 34.4 Å². The molecule has 0 amide bonds. The molecule has 3 aliphatic heterocycles. The van der Waals surface area contributed by atoms with Crippen LogP contribution in [0.3, 0.4) is 0 Å². The molecule has 0 bridgehead atoms. The van der Waals surface area contributed by atoms with Crippen LogP contribution in [0.1, 0.15) is 36.6 Å². The Balaban J connectivity index is 0.992. The van der Waals surface area contributed by atoms with Gasteiger partial charge in [-0.15, -0.1) is 0 Å². The Morgan fingerprint density at radius 3 is 1.72 bits per heavy atom. The minimum atomic E-state index is -0.0750. The van der Waals surface area contributed by atoms with Crippen molar-refractivity contribution >= 4 is 51.6 Å². The highest BCUT2D eigenvalue weighted by molar-refractivity contribution is 7.99. The Morgan fingerprint density at radius 2 is 1.09 bits per heavy atom. The average molecular weight is 628 g/mol. The Hall–Kier alpha value is -5.33. The molecule has 5 nitrogen and oxygen atoms in total. The first kappa shape index (κ1) is 27.9. The highest BCUT2D eigenvalue weighted by atomic mass is 32.2. The molecule has 1 unspecified atom stereocenters. The van der Waals surface area contributed by atoms with E-state index in [9.17, 15) is 0 Å². The lowest BCUT2D eigenvalue weighted by Crippen LogP contribution is -2.30. The van der Waals surface area contributed by atoms with Gasteiger partial charge >= 0.3 is 0 Å². The zero-order valence-electron chi connectivity index (χ0n) is 26.3. The van der Waals surface area contributed by atoms with E-state index in [-0.39, 0.29) is 11.5 Å². The zero-order chi connectivity index (χ0) is 31.5. The van der Waals surface area contributed by atoms with Crippen molar-refractivity contribution in [3.8, 4) is 0 Å². The molecular weight excluding hydrogens is 595 g/mol. The Kier molecular flexibility index (Phi) is 6.47. The fourth-order valence-electron chi connectivity index (χ4n) is 7.26. The van der Waals surface area contributed by atoms with Crippen molar-refractivity contribution in [3.05, 3.63) is 162 Å². The predicted molar refractivity (Wildman–Crippen MR) is 193 cm³/mol. The quantitative estimate of drug-likeness (QED) is 0.194. The van der Waals surface area contributed by atoms with Gasteiger partial charge in [0.25, 0.3) is 0 Å². The minimum Gasteiger partial charge on any atom is -0.310 e. The molecule has 3 aliphatic rings. The number of hydrogen-bond acceptors (Lipinski definition) is 6. The average Bonchev–Trinajstić information content (AvgIpc) is 3.62. The summed E-state index contributed by atoms with van der Waals surface area (Å²) in [6.07, 6.45) is 0. The second-order valence-corrected chi connectivity index (χ2v) is 13.9. The van der Waals surface area contributed by atoms with Crippen molar-refractivity contribution in [3.63, 3.8) is 0 Å². The maximum atomic E-state index is 4.73. The van der Waals surface area contributed by atoms with Crippen molar-refractivity contribution < 1.29 is 0 Å². The minimum absolute atomic E-state index is 0.0413. The molecule has 6 aromatic rings. The van der Waals surface area contributed by atoms with Gasteiger partial charge in [-0.1, -0.05) is 110 Å². The molecular formula is C41H33N5S. The third-order valence-electron chi connectivity index (χ3n) is 9.64. The van der Waals surface area contributed by atoms with Gasteiger partial charge in [0.2, 0.25) is 0 Å². The molecule has 3 heterocycles. The largest absolute Gasteiger partial charge is 0.310 e. The Bertz CT molecular complexity index is 2080. The summed E-state index contributed by atoms with van der Waals surface area (Å²) in [6.45, 7) is 5.33. The highest BCUT2D eigenvalue weighted by Gasteiger charge is 2.36. The van der Waals surface area contributed by atoms with Gasteiger partial charge in [0.15, 0.2) is 0 Å². The van der Waals surface area contributed by atoms with E-state index in [2.05, 4.69) is 174 Å². The van der Waals surface area contributed by atoms with Crippen LogP contribution in [0.2, 0.25) is 0 Å². The molecule has 228 valence electrons. The summed E-state index contributed by atoms with van der Waals surface area (Å²) in [5.41, 5.74) is 11.9. The van der Waals surface area contributed by atoms with Gasteiger partial charge in [0.05, 0.1) is 35.0 Å². The van der Waals surface area contributed by atoms with Gasteiger partial charge in [0, 0.05) is 26.6 Å². The smallest absolute Gasteiger partial charge is 0.117 e. The van der Waals surface area contributed by atoms with Gasteiger partial charge in [-0.05, 0) is 83.4 Å². The first-order valence-electron chi connectivity index (χ1n) is 16.1. The lowest BCUT2D eigenvalue weighted by molar-refractivity contribution is 0.632. The van der Waals surface area contributed by atoms with Crippen molar-refractivity contribution in [2.75, 3.05) is 21.4 Å². The van der Waals surface area contributed by atoms with Crippen LogP contribution < -0.4 is 14.8 Å². The fourth-order valence-corrected chi connectivity index (χ4v) is 8.32. The van der Waals surface area contributed by atoms with Crippen molar-refractivity contribution in [2.45, 2.75) is 35.1 Å². The normalized spacial score (nSPS) is 17.1. The number of nitrogens with zero attached hydrogens (tertiary/aromatic N) is 5. The Morgan fingerprint density at radius 1 is 0.553 bits per heavy atom. The van der Waals surface area contributed by atoms with Crippen molar-refractivity contribution in [2.24, 2.45) is 10.3 Å². The van der Waals surface area contributed by atoms with E-state index < -0.39 is 0 Å². The van der Waals surface area contributed by atoms with Crippen LogP contribution in [0.4, 0.5) is 39.8 Å². The van der Waals surface area contributed by atoms with Crippen LogP contribution in [-0.2, 0) is 5.41 Å². The summed E-state index contributed by atoms with van der Waals surface area (Å²) in [6, 6.07) is 52.2. The van der Waals surface area contributed by atoms with E-state index in [1.807, 2.05) is 16.8 Å². The predicted octanol–water partition coefficient (Wildman–Crippen LogP) is 11.7. The third kappa shape index (κ3) is 4.55. The molecule has 0 N–H and O–H groups in total. The molecule has 6 heteroatoms. The van der Waals surface area contributed by atoms with Gasteiger partial charge in [-0.25, -0.2) is 5.01 Å². The summed E-state index contributed by atoms with van der Waals surface area (Å²) in [5.74, 6) is 0. The van der Waals surface area contributed by atoms with E-state index in [1.54, 1.807) is 0 Å². The Labute approximate surface area is 279 Å². The summed E-state index contributed by atoms with van der Waals surface area (Å²) in [4.78, 5) is 7.25. The fraction of sp³-hybridized carbons (Fsp3) is 0.122. The number of hydrogen-bond donors (Lipinski definition) is 0. The van der Waals surface area contributed by atoms with E-state index in [0.29, 0.717) is 6.54 Å². The highest BCUT2D eigenvalue weighted by Crippen LogP contribution is 2.53. The molecule has 9 rings (SSSR count). The van der Waals surface area contributed by atoms with Crippen LogP contribution >= 0.6 is 11.8 Å². The molecule has 1 atom stereocenters. The maximum absolute atomic E-state index is 4.73.